The lowest BCUT2D eigenvalue weighted by Crippen LogP contribution is -2.19. The van der Waals surface area contributed by atoms with Crippen molar-refractivity contribution in [3.05, 3.63) is 17.0 Å². The number of rotatable bonds is 2. The Bertz CT molecular complexity index is 598. The first-order valence-electron chi connectivity index (χ1n) is 5.52. The molecule has 92 valence electrons. The van der Waals surface area contributed by atoms with Crippen LogP contribution in [0.4, 0.5) is 0 Å². The first kappa shape index (κ1) is 10.8. The molecule has 3 rings (SSSR count). The van der Waals surface area contributed by atoms with Crippen molar-refractivity contribution in [3.63, 3.8) is 0 Å². The molecule has 0 radical (unpaired) electrons. The summed E-state index contributed by atoms with van der Waals surface area (Å²) in [5, 5.41) is 13.4. The molecule has 1 fully saturated rings. The lowest BCUT2D eigenvalue weighted by molar-refractivity contribution is 0.0681. The number of fused-ring (bicyclic) bond motifs is 1. The summed E-state index contributed by atoms with van der Waals surface area (Å²) in [4.78, 5) is 11.2. The smallest absolute Gasteiger partial charge is 0.354 e. The van der Waals surface area contributed by atoms with Crippen LogP contribution < -0.4 is 0 Å². The maximum absolute atomic E-state index is 11.5. The van der Waals surface area contributed by atoms with E-state index in [1.165, 1.54) is 4.68 Å². The third kappa shape index (κ3) is 1.74. The van der Waals surface area contributed by atoms with Gasteiger partial charge >= 0.3 is 5.97 Å². The molecule has 6 nitrogen and oxygen atoms in total. The molecule has 1 saturated carbocycles. The Balaban J connectivity index is 2.14. The Morgan fingerprint density at radius 3 is 2.71 bits per heavy atom. The molecule has 2 aliphatic rings. The fraction of sp³-hybridized carbons (Fsp3) is 0.600. The van der Waals surface area contributed by atoms with Gasteiger partial charge in [-0.1, -0.05) is 0 Å². The third-order valence-corrected chi connectivity index (χ3v) is 4.75. The molecule has 1 aliphatic heterocycles. The Labute approximate surface area is 98.2 Å². The molecule has 0 atom stereocenters. The van der Waals surface area contributed by atoms with E-state index < -0.39 is 15.8 Å². The minimum absolute atomic E-state index is 0.0244. The molecule has 0 spiro atoms. The molecular formula is C10H12N2O4S. The summed E-state index contributed by atoms with van der Waals surface area (Å²) in [6.45, 7) is 0. The predicted molar refractivity (Wildman–Crippen MR) is 58.7 cm³/mol. The van der Waals surface area contributed by atoms with Crippen LogP contribution in [0.25, 0.3) is 0 Å². The first-order chi connectivity index (χ1) is 7.98. The van der Waals surface area contributed by atoms with Gasteiger partial charge in [-0.2, -0.15) is 5.10 Å². The highest BCUT2D eigenvalue weighted by Crippen LogP contribution is 2.37. The standard InChI is InChI=1S/C10H12N2O4S/c13-10(14)9-7-3-4-17(15,16)5-8(7)11-12(9)6-1-2-6/h6H,1-5H2,(H,13,14). The highest BCUT2D eigenvalue weighted by Gasteiger charge is 2.35. The molecule has 0 bridgehead atoms. The highest BCUT2D eigenvalue weighted by atomic mass is 32.2. The molecular weight excluding hydrogens is 244 g/mol. The molecule has 0 aromatic carbocycles. The van der Waals surface area contributed by atoms with Gasteiger partial charge in [0, 0.05) is 5.56 Å². The summed E-state index contributed by atoms with van der Waals surface area (Å²) in [6.07, 6.45) is 2.12. The van der Waals surface area contributed by atoms with Crippen LogP contribution in [0.3, 0.4) is 0 Å². The molecule has 17 heavy (non-hydrogen) atoms. The van der Waals surface area contributed by atoms with Gasteiger partial charge in [0.05, 0.1) is 23.2 Å². The van der Waals surface area contributed by atoms with Crippen LogP contribution in [0.5, 0.6) is 0 Å². The van der Waals surface area contributed by atoms with Crippen LogP contribution in [-0.2, 0) is 22.0 Å². The van der Waals surface area contributed by atoms with Crippen LogP contribution in [-0.4, -0.2) is 35.0 Å². The van der Waals surface area contributed by atoms with Crippen molar-refractivity contribution in [3.8, 4) is 0 Å². The van der Waals surface area contributed by atoms with Crippen molar-refractivity contribution in [2.75, 3.05) is 5.75 Å². The van der Waals surface area contributed by atoms with E-state index in [4.69, 9.17) is 0 Å². The summed E-state index contributed by atoms with van der Waals surface area (Å²) in [6, 6.07) is 0.148. The second kappa shape index (κ2) is 3.32. The molecule has 7 heteroatoms. The van der Waals surface area contributed by atoms with E-state index in [2.05, 4.69) is 5.10 Å². The normalized spacial score (nSPS) is 22.1. The van der Waals surface area contributed by atoms with Crippen LogP contribution >= 0.6 is 0 Å². The monoisotopic (exact) mass is 256 g/mol. The van der Waals surface area contributed by atoms with Gasteiger partial charge in [0.2, 0.25) is 0 Å². The van der Waals surface area contributed by atoms with Crippen LogP contribution in [0.15, 0.2) is 0 Å². The van der Waals surface area contributed by atoms with E-state index in [-0.39, 0.29) is 29.7 Å². The van der Waals surface area contributed by atoms with E-state index in [0.29, 0.717) is 11.3 Å². The summed E-state index contributed by atoms with van der Waals surface area (Å²) in [5.74, 6) is -1.11. The van der Waals surface area contributed by atoms with E-state index in [1.54, 1.807) is 0 Å². The maximum atomic E-state index is 11.5. The Hall–Kier alpha value is -1.37. The highest BCUT2D eigenvalue weighted by molar-refractivity contribution is 7.90. The predicted octanol–water partition coefficient (Wildman–Crippen LogP) is 0.387. The van der Waals surface area contributed by atoms with Crippen molar-refractivity contribution >= 4 is 15.8 Å². The Kier molecular flexibility index (Phi) is 2.10. The molecule has 2 heterocycles. The number of hydrogen-bond donors (Lipinski definition) is 1. The minimum atomic E-state index is -3.10. The van der Waals surface area contributed by atoms with Crippen molar-refractivity contribution in [1.29, 1.82) is 0 Å². The van der Waals surface area contributed by atoms with Crippen molar-refractivity contribution in [2.24, 2.45) is 0 Å². The van der Waals surface area contributed by atoms with Gasteiger partial charge in [0.1, 0.15) is 5.69 Å². The van der Waals surface area contributed by atoms with Gasteiger partial charge in [-0.3, -0.25) is 4.68 Å². The third-order valence-electron chi connectivity index (χ3n) is 3.21. The van der Waals surface area contributed by atoms with Crippen molar-refractivity contribution < 1.29 is 18.3 Å². The summed E-state index contributed by atoms with van der Waals surface area (Å²) >= 11 is 0. The van der Waals surface area contributed by atoms with E-state index in [1.807, 2.05) is 0 Å². The van der Waals surface area contributed by atoms with E-state index in [0.717, 1.165) is 12.8 Å². The number of nitrogens with zero attached hydrogens (tertiary/aromatic N) is 2. The second-order valence-electron chi connectivity index (χ2n) is 4.60. The number of carboxylic acids is 1. The molecule has 0 unspecified atom stereocenters. The summed E-state index contributed by atoms with van der Waals surface area (Å²) < 4.78 is 24.5. The average molecular weight is 256 g/mol. The van der Waals surface area contributed by atoms with Crippen molar-refractivity contribution in [1.82, 2.24) is 9.78 Å². The van der Waals surface area contributed by atoms with Crippen LogP contribution in [0, 0.1) is 0 Å². The molecule has 1 aromatic heterocycles. The SMILES string of the molecule is O=C(O)c1c2c(nn1C1CC1)CS(=O)(=O)CC2. The number of carbonyl (C=O) groups is 1. The zero-order valence-corrected chi connectivity index (χ0v) is 9.90. The zero-order valence-electron chi connectivity index (χ0n) is 9.09. The Morgan fingerprint density at radius 2 is 2.12 bits per heavy atom. The number of hydrogen-bond acceptors (Lipinski definition) is 4. The fourth-order valence-corrected chi connectivity index (χ4v) is 3.55. The molecule has 1 aromatic rings. The van der Waals surface area contributed by atoms with Gasteiger partial charge in [-0.25, -0.2) is 13.2 Å². The number of aromatic nitrogens is 2. The largest absolute Gasteiger partial charge is 0.477 e. The van der Waals surface area contributed by atoms with E-state index in [9.17, 15) is 18.3 Å². The second-order valence-corrected chi connectivity index (χ2v) is 6.78. The van der Waals surface area contributed by atoms with Crippen LogP contribution in [0.1, 0.15) is 40.6 Å². The van der Waals surface area contributed by atoms with Crippen LogP contribution in [0.2, 0.25) is 0 Å². The minimum Gasteiger partial charge on any atom is -0.477 e. The van der Waals surface area contributed by atoms with E-state index >= 15 is 0 Å². The number of aromatic carboxylic acids is 1. The molecule has 0 saturated heterocycles. The first-order valence-corrected chi connectivity index (χ1v) is 7.34. The zero-order chi connectivity index (χ0) is 12.2. The fourth-order valence-electron chi connectivity index (χ4n) is 2.24. The number of sulfone groups is 1. The number of carboxylic acid groups (broad SMARTS) is 1. The van der Waals surface area contributed by atoms with Gasteiger partial charge < -0.3 is 5.11 Å². The van der Waals surface area contributed by atoms with Gasteiger partial charge in [-0.15, -0.1) is 0 Å². The lowest BCUT2D eigenvalue weighted by Gasteiger charge is -2.10. The van der Waals surface area contributed by atoms with Crippen molar-refractivity contribution in [2.45, 2.75) is 31.1 Å². The molecule has 1 N–H and O–H groups in total. The lowest BCUT2D eigenvalue weighted by atomic mass is 10.1. The van der Waals surface area contributed by atoms with Gasteiger partial charge in [0.25, 0.3) is 0 Å². The molecule has 1 aliphatic carbocycles. The quantitative estimate of drug-likeness (QED) is 0.826. The Morgan fingerprint density at radius 1 is 1.41 bits per heavy atom. The molecule has 0 amide bonds. The topological polar surface area (TPSA) is 89.3 Å². The average Bonchev–Trinajstić information content (AvgIpc) is 2.98. The van der Waals surface area contributed by atoms with Gasteiger partial charge in [0.15, 0.2) is 9.84 Å². The summed E-state index contributed by atoms with van der Waals surface area (Å²) in [5.41, 5.74) is 1.23. The maximum Gasteiger partial charge on any atom is 0.354 e. The van der Waals surface area contributed by atoms with Gasteiger partial charge in [-0.05, 0) is 19.3 Å². The summed E-state index contributed by atoms with van der Waals surface area (Å²) in [7, 11) is -3.10.